The van der Waals surface area contributed by atoms with Gasteiger partial charge in [0.1, 0.15) is 0 Å². The first kappa shape index (κ1) is 17.7. The average molecular weight is 372 g/mol. The molecule has 4 rings (SSSR count). The maximum absolute atomic E-state index is 13.3. The van der Waals surface area contributed by atoms with Crippen molar-refractivity contribution in [2.75, 3.05) is 13.1 Å². The lowest BCUT2D eigenvalue weighted by atomic mass is 9.88. The van der Waals surface area contributed by atoms with Gasteiger partial charge in [-0.3, -0.25) is 4.79 Å². The Morgan fingerprint density at radius 1 is 1.12 bits per heavy atom. The fourth-order valence-electron chi connectivity index (χ4n) is 4.37. The molecule has 0 amide bonds. The molecule has 0 saturated carbocycles. The highest BCUT2D eigenvalue weighted by Gasteiger charge is 2.34. The van der Waals surface area contributed by atoms with E-state index in [0.717, 1.165) is 36.6 Å². The summed E-state index contributed by atoms with van der Waals surface area (Å²) in [7, 11) is -3.31. The fourth-order valence-corrected chi connectivity index (χ4v) is 5.73. The van der Waals surface area contributed by atoms with Crippen LogP contribution in [0.5, 0.6) is 0 Å². The van der Waals surface area contributed by atoms with Gasteiger partial charge in [0.2, 0.25) is 10.0 Å². The number of rotatable bonds is 4. The van der Waals surface area contributed by atoms with Crippen LogP contribution in [0.3, 0.4) is 0 Å². The fraction of sp³-hybridized carbons (Fsp3) is 0.476. The first-order chi connectivity index (χ1) is 12.4. The van der Waals surface area contributed by atoms with Gasteiger partial charge >= 0.3 is 0 Å². The maximum Gasteiger partial charge on any atom is 0.216 e. The molecule has 0 N–H and O–H groups in total. The summed E-state index contributed by atoms with van der Waals surface area (Å²) in [6.45, 7) is 4.23. The standard InChI is InChI=1S/C21H25NO3S/c1-14(2)26(24,25)22-12-4-6-17(13-22)21(23)19-11-10-16-9-8-15-5-3-7-18(19)20(15)16/h3,5,7,10-11,14,17H,4,6,8-9,12-13H2,1-2H3/t17-/m1/s1. The van der Waals surface area contributed by atoms with Crippen LogP contribution in [-0.2, 0) is 22.9 Å². The van der Waals surface area contributed by atoms with E-state index < -0.39 is 15.3 Å². The summed E-state index contributed by atoms with van der Waals surface area (Å²) >= 11 is 0. The molecule has 0 spiro atoms. The lowest BCUT2D eigenvalue weighted by Crippen LogP contribution is -2.45. The third kappa shape index (κ3) is 2.78. The third-order valence-electron chi connectivity index (χ3n) is 5.85. The van der Waals surface area contributed by atoms with Gasteiger partial charge in [-0.2, -0.15) is 0 Å². The summed E-state index contributed by atoms with van der Waals surface area (Å²) in [4.78, 5) is 13.3. The van der Waals surface area contributed by atoms with Crippen LogP contribution in [0.25, 0.3) is 10.8 Å². The van der Waals surface area contributed by atoms with E-state index in [1.54, 1.807) is 13.8 Å². The predicted molar refractivity (Wildman–Crippen MR) is 104 cm³/mol. The summed E-state index contributed by atoms with van der Waals surface area (Å²) in [5, 5.41) is 1.82. The minimum absolute atomic E-state index is 0.0873. The molecule has 0 bridgehead atoms. The van der Waals surface area contributed by atoms with Crippen LogP contribution in [-0.4, -0.2) is 36.8 Å². The Kier molecular flexibility index (Phi) is 4.40. The Bertz CT molecular complexity index is 968. The summed E-state index contributed by atoms with van der Waals surface area (Å²) in [5.74, 6) is -0.167. The molecule has 2 aliphatic rings. The molecule has 2 aromatic carbocycles. The van der Waals surface area contributed by atoms with Gasteiger partial charge in [0, 0.05) is 24.6 Å². The van der Waals surface area contributed by atoms with Gasteiger partial charge < -0.3 is 0 Å². The van der Waals surface area contributed by atoms with Crippen LogP contribution in [0.4, 0.5) is 0 Å². The lowest BCUT2D eigenvalue weighted by Gasteiger charge is -2.32. The molecule has 5 heteroatoms. The zero-order valence-corrected chi connectivity index (χ0v) is 16.2. The second kappa shape index (κ2) is 6.46. The normalized spacial score (nSPS) is 20.8. The molecule has 2 aromatic rings. The predicted octanol–water partition coefficient (Wildman–Crippen LogP) is 3.57. The highest BCUT2D eigenvalue weighted by Crippen LogP contribution is 2.34. The SMILES string of the molecule is CC(C)S(=O)(=O)N1CCC[C@@H](C(=O)c2ccc3c4c(cccc24)CC3)C1. The van der Waals surface area contributed by atoms with Gasteiger partial charge in [0.25, 0.3) is 0 Å². The van der Waals surface area contributed by atoms with Crippen molar-refractivity contribution in [2.45, 2.75) is 44.8 Å². The van der Waals surface area contributed by atoms with Crippen LogP contribution < -0.4 is 0 Å². The molecule has 1 fully saturated rings. The molecule has 0 unspecified atom stereocenters. The summed E-state index contributed by atoms with van der Waals surface area (Å²) < 4.78 is 26.5. The Labute approximate surface area is 155 Å². The molecule has 26 heavy (non-hydrogen) atoms. The molecular formula is C21H25NO3S. The molecular weight excluding hydrogens is 346 g/mol. The van der Waals surface area contributed by atoms with Crippen LogP contribution in [0, 0.1) is 5.92 Å². The number of aryl methyl sites for hydroxylation is 2. The minimum Gasteiger partial charge on any atom is -0.294 e. The van der Waals surface area contributed by atoms with Gasteiger partial charge in [-0.25, -0.2) is 12.7 Å². The topological polar surface area (TPSA) is 54.5 Å². The summed E-state index contributed by atoms with van der Waals surface area (Å²) in [6.07, 6.45) is 3.57. The van der Waals surface area contributed by atoms with Gasteiger partial charge in [-0.15, -0.1) is 0 Å². The zero-order chi connectivity index (χ0) is 18.5. The van der Waals surface area contributed by atoms with E-state index in [4.69, 9.17) is 0 Å². The second-order valence-corrected chi connectivity index (χ2v) is 10.3. The number of piperidine rings is 1. The molecule has 1 aliphatic heterocycles. The molecule has 0 radical (unpaired) electrons. The zero-order valence-electron chi connectivity index (χ0n) is 15.4. The van der Waals surface area contributed by atoms with Gasteiger partial charge in [-0.1, -0.05) is 30.3 Å². The molecule has 0 aromatic heterocycles. The first-order valence-corrected chi connectivity index (χ1v) is 11.0. The Balaban J connectivity index is 1.68. The van der Waals surface area contributed by atoms with Crippen molar-refractivity contribution >= 4 is 26.6 Å². The second-order valence-electron chi connectivity index (χ2n) is 7.77. The molecule has 1 saturated heterocycles. The van der Waals surface area contributed by atoms with E-state index in [0.29, 0.717) is 13.1 Å². The molecule has 1 atom stereocenters. The number of hydrogen-bond donors (Lipinski definition) is 0. The number of ketones is 1. The largest absolute Gasteiger partial charge is 0.294 e. The lowest BCUT2D eigenvalue weighted by molar-refractivity contribution is 0.0874. The Morgan fingerprint density at radius 3 is 2.58 bits per heavy atom. The smallest absolute Gasteiger partial charge is 0.216 e. The van der Waals surface area contributed by atoms with Crippen LogP contribution in [0.15, 0.2) is 30.3 Å². The Morgan fingerprint density at radius 2 is 1.85 bits per heavy atom. The molecule has 1 heterocycles. The van der Waals surface area contributed by atoms with Crippen molar-refractivity contribution in [1.29, 1.82) is 0 Å². The van der Waals surface area contributed by atoms with Crippen molar-refractivity contribution in [3.8, 4) is 0 Å². The van der Waals surface area contributed by atoms with Gasteiger partial charge in [0.15, 0.2) is 5.78 Å². The minimum atomic E-state index is -3.31. The molecule has 1 aliphatic carbocycles. The number of carbonyl (C=O) groups excluding carboxylic acids is 1. The highest BCUT2D eigenvalue weighted by molar-refractivity contribution is 7.89. The van der Waals surface area contributed by atoms with Gasteiger partial charge in [0.05, 0.1) is 5.25 Å². The van der Waals surface area contributed by atoms with E-state index in [-0.39, 0.29) is 11.7 Å². The van der Waals surface area contributed by atoms with Gasteiger partial charge in [-0.05, 0) is 61.4 Å². The number of sulfonamides is 1. The number of carbonyl (C=O) groups is 1. The average Bonchev–Trinajstić information content (AvgIpc) is 3.06. The highest BCUT2D eigenvalue weighted by atomic mass is 32.2. The quantitative estimate of drug-likeness (QED) is 0.772. The summed E-state index contributed by atoms with van der Waals surface area (Å²) in [6, 6.07) is 10.2. The Hall–Kier alpha value is -1.72. The van der Waals surface area contributed by atoms with E-state index in [1.807, 2.05) is 18.2 Å². The van der Waals surface area contributed by atoms with E-state index >= 15 is 0 Å². The van der Waals surface area contributed by atoms with Crippen LogP contribution in [0.1, 0.15) is 48.2 Å². The van der Waals surface area contributed by atoms with Crippen molar-refractivity contribution in [2.24, 2.45) is 5.92 Å². The number of nitrogens with zero attached hydrogens (tertiary/aromatic N) is 1. The van der Waals surface area contributed by atoms with E-state index in [1.165, 1.54) is 20.8 Å². The monoisotopic (exact) mass is 371 g/mol. The van der Waals surface area contributed by atoms with Crippen molar-refractivity contribution in [3.63, 3.8) is 0 Å². The van der Waals surface area contributed by atoms with E-state index in [2.05, 4.69) is 12.1 Å². The van der Waals surface area contributed by atoms with Crippen LogP contribution >= 0.6 is 0 Å². The van der Waals surface area contributed by atoms with Crippen molar-refractivity contribution < 1.29 is 13.2 Å². The third-order valence-corrected chi connectivity index (χ3v) is 8.10. The van der Waals surface area contributed by atoms with E-state index in [9.17, 15) is 13.2 Å². The first-order valence-electron chi connectivity index (χ1n) is 9.46. The van der Waals surface area contributed by atoms with Crippen LogP contribution in [0.2, 0.25) is 0 Å². The number of hydrogen-bond acceptors (Lipinski definition) is 3. The number of benzene rings is 2. The van der Waals surface area contributed by atoms with Crippen molar-refractivity contribution in [1.82, 2.24) is 4.31 Å². The molecule has 138 valence electrons. The van der Waals surface area contributed by atoms with Crippen molar-refractivity contribution in [3.05, 3.63) is 47.0 Å². The summed E-state index contributed by atoms with van der Waals surface area (Å²) in [5.41, 5.74) is 3.39. The maximum atomic E-state index is 13.3. The number of Topliss-reactive ketones (excluding diaryl/α,β-unsaturated/α-hetero) is 1. The molecule has 4 nitrogen and oxygen atoms in total.